The number of hydrogen-bond donors (Lipinski definition) is 1. The first-order valence-corrected chi connectivity index (χ1v) is 6.76. The van der Waals surface area contributed by atoms with Crippen LogP contribution in [-0.4, -0.2) is 18.3 Å². The van der Waals surface area contributed by atoms with E-state index in [9.17, 15) is 5.11 Å². The summed E-state index contributed by atoms with van der Waals surface area (Å²) in [6.45, 7) is 0.946. The number of aliphatic hydroxyl groups excluding tert-OH is 1. The van der Waals surface area contributed by atoms with Gasteiger partial charge in [-0.2, -0.15) is 0 Å². The van der Waals surface area contributed by atoms with Crippen LogP contribution in [0.5, 0.6) is 0 Å². The Morgan fingerprint density at radius 3 is 2.32 bits per heavy atom. The van der Waals surface area contributed by atoms with Gasteiger partial charge in [0.25, 0.3) is 0 Å². The van der Waals surface area contributed by atoms with Gasteiger partial charge >= 0.3 is 0 Å². The second-order valence-electron chi connectivity index (χ2n) is 5.01. The molecule has 2 nitrogen and oxygen atoms in total. The molecule has 0 saturated carbocycles. The summed E-state index contributed by atoms with van der Waals surface area (Å²) in [5, 5.41) is 9.35. The van der Waals surface area contributed by atoms with Gasteiger partial charge in [-0.3, -0.25) is 0 Å². The van der Waals surface area contributed by atoms with Crippen molar-refractivity contribution in [1.82, 2.24) is 0 Å². The Labute approximate surface area is 113 Å². The molecule has 2 unspecified atom stereocenters. The second kappa shape index (κ2) is 5.55. The Hall–Kier alpha value is -1.64. The molecular weight excluding hydrogens is 236 g/mol. The van der Waals surface area contributed by atoms with Gasteiger partial charge in [-0.15, -0.1) is 0 Å². The van der Waals surface area contributed by atoms with Crippen LogP contribution in [-0.2, 0) is 4.74 Å². The Morgan fingerprint density at radius 2 is 1.63 bits per heavy atom. The van der Waals surface area contributed by atoms with Crippen LogP contribution in [0.25, 0.3) is 11.1 Å². The molecule has 1 aliphatic rings. The van der Waals surface area contributed by atoms with Gasteiger partial charge in [0.2, 0.25) is 0 Å². The lowest BCUT2D eigenvalue weighted by atomic mass is 9.94. The average molecular weight is 254 g/mol. The summed E-state index contributed by atoms with van der Waals surface area (Å²) in [7, 11) is 0. The van der Waals surface area contributed by atoms with Crippen LogP contribution in [0.15, 0.2) is 54.6 Å². The summed E-state index contributed by atoms with van der Waals surface area (Å²) in [5.74, 6) is 0.238. The SMILES string of the molecule is OCC1CCOC1c1ccc(-c2ccccc2)cc1. The van der Waals surface area contributed by atoms with Crippen LogP contribution >= 0.6 is 0 Å². The van der Waals surface area contributed by atoms with Crippen molar-refractivity contribution < 1.29 is 9.84 Å². The Balaban J connectivity index is 1.83. The van der Waals surface area contributed by atoms with Crippen molar-refractivity contribution in [2.75, 3.05) is 13.2 Å². The van der Waals surface area contributed by atoms with Crippen LogP contribution in [0.1, 0.15) is 18.1 Å². The van der Waals surface area contributed by atoms with E-state index >= 15 is 0 Å². The molecule has 2 aromatic rings. The van der Waals surface area contributed by atoms with Gasteiger partial charge in [-0.1, -0.05) is 54.6 Å². The van der Waals surface area contributed by atoms with Crippen LogP contribution in [0.3, 0.4) is 0 Å². The fraction of sp³-hybridized carbons (Fsp3) is 0.294. The third-order valence-corrected chi connectivity index (χ3v) is 3.80. The Kier molecular flexibility index (Phi) is 3.62. The van der Waals surface area contributed by atoms with Crippen molar-refractivity contribution >= 4 is 0 Å². The molecule has 2 atom stereocenters. The number of ether oxygens (including phenoxy) is 1. The molecule has 1 saturated heterocycles. The van der Waals surface area contributed by atoms with Crippen molar-refractivity contribution in [2.45, 2.75) is 12.5 Å². The first-order chi connectivity index (χ1) is 9.38. The van der Waals surface area contributed by atoms with Gasteiger partial charge in [0.1, 0.15) is 0 Å². The van der Waals surface area contributed by atoms with Crippen LogP contribution in [0.2, 0.25) is 0 Å². The van der Waals surface area contributed by atoms with Gasteiger partial charge in [-0.25, -0.2) is 0 Å². The normalized spacial score (nSPS) is 22.6. The van der Waals surface area contributed by atoms with Crippen LogP contribution < -0.4 is 0 Å². The van der Waals surface area contributed by atoms with Gasteiger partial charge < -0.3 is 9.84 Å². The average Bonchev–Trinajstić information content (AvgIpc) is 2.97. The lowest BCUT2D eigenvalue weighted by molar-refractivity contribution is 0.0721. The molecule has 0 spiro atoms. The molecule has 0 radical (unpaired) electrons. The first-order valence-electron chi connectivity index (χ1n) is 6.76. The summed E-state index contributed by atoms with van der Waals surface area (Å²) in [6, 6.07) is 18.8. The maximum absolute atomic E-state index is 9.35. The number of benzene rings is 2. The van der Waals surface area contributed by atoms with E-state index in [1.165, 1.54) is 11.1 Å². The van der Waals surface area contributed by atoms with Gasteiger partial charge in [-0.05, 0) is 23.1 Å². The third-order valence-electron chi connectivity index (χ3n) is 3.80. The summed E-state index contributed by atoms with van der Waals surface area (Å²) >= 11 is 0. The summed E-state index contributed by atoms with van der Waals surface area (Å²) in [5.41, 5.74) is 3.60. The molecule has 1 N–H and O–H groups in total. The van der Waals surface area contributed by atoms with E-state index in [1.807, 2.05) is 18.2 Å². The molecule has 3 rings (SSSR count). The molecule has 2 heteroatoms. The standard InChI is InChI=1S/C17H18O2/c18-12-16-10-11-19-17(16)15-8-6-14(7-9-15)13-4-2-1-3-5-13/h1-9,16-18H,10-12H2. The zero-order valence-electron chi connectivity index (χ0n) is 10.8. The van der Waals surface area contributed by atoms with Crippen molar-refractivity contribution in [3.05, 3.63) is 60.2 Å². The predicted molar refractivity (Wildman–Crippen MR) is 75.8 cm³/mol. The fourth-order valence-corrected chi connectivity index (χ4v) is 2.69. The summed E-state index contributed by atoms with van der Waals surface area (Å²) < 4.78 is 5.73. The topological polar surface area (TPSA) is 29.5 Å². The molecule has 98 valence electrons. The zero-order valence-corrected chi connectivity index (χ0v) is 10.8. The minimum absolute atomic E-state index is 0.0508. The van der Waals surface area contributed by atoms with E-state index < -0.39 is 0 Å². The second-order valence-corrected chi connectivity index (χ2v) is 5.01. The molecule has 0 bridgehead atoms. The lowest BCUT2D eigenvalue weighted by Gasteiger charge is -2.17. The smallest absolute Gasteiger partial charge is 0.0875 e. The highest BCUT2D eigenvalue weighted by Crippen LogP contribution is 2.34. The Bertz CT molecular complexity index is 519. The molecule has 19 heavy (non-hydrogen) atoms. The maximum Gasteiger partial charge on any atom is 0.0875 e. The highest BCUT2D eigenvalue weighted by Gasteiger charge is 2.28. The molecule has 0 amide bonds. The first kappa shape index (κ1) is 12.4. The number of aliphatic hydroxyl groups is 1. The largest absolute Gasteiger partial charge is 0.396 e. The van der Waals surface area contributed by atoms with E-state index in [-0.39, 0.29) is 18.6 Å². The van der Waals surface area contributed by atoms with E-state index in [0.29, 0.717) is 0 Å². The van der Waals surface area contributed by atoms with Crippen LogP contribution in [0, 0.1) is 5.92 Å². The van der Waals surface area contributed by atoms with E-state index in [1.54, 1.807) is 0 Å². The Morgan fingerprint density at radius 1 is 0.947 bits per heavy atom. The predicted octanol–water partition coefficient (Wildman–Crippen LogP) is 3.42. The molecule has 2 aromatic carbocycles. The van der Waals surface area contributed by atoms with Gasteiger partial charge in [0, 0.05) is 19.1 Å². The highest BCUT2D eigenvalue weighted by molar-refractivity contribution is 5.63. The molecule has 1 fully saturated rings. The zero-order chi connectivity index (χ0) is 13.1. The lowest BCUT2D eigenvalue weighted by Crippen LogP contribution is -2.11. The van der Waals surface area contributed by atoms with E-state index in [2.05, 4.69) is 36.4 Å². The monoisotopic (exact) mass is 254 g/mol. The third kappa shape index (κ3) is 2.55. The van der Waals surface area contributed by atoms with Crippen molar-refractivity contribution in [3.8, 4) is 11.1 Å². The molecule has 0 aromatic heterocycles. The van der Waals surface area contributed by atoms with Gasteiger partial charge in [0.05, 0.1) is 6.10 Å². The van der Waals surface area contributed by atoms with Crippen molar-refractivity contribution in [3.63, 3.8) is 0 Å². The summed E-state index contributed by atoms with van der Waals surface area (Å²) in [4.78, 5) is 0. The minimum atomic E-state index is 0.0508. The van der Waals surface area contributed by atoms with Crippen molar-refractivity contribution in [1.29, 1.82) is 0 Å². The maximum atomic E-state index is 9.35. The van der Waals surface area contributed by atoms with E-state index in [0.717, 1.165) is 18.6 Å². The quantitative estimate of drug-likeness (QED) is 0.909. The molecular formula is C17H18O2. The van der Waals surface area contributed by atoms with E-state index in [4.69, 9.17) is 4.74 Å². The summed E-state index contributed by atoms with van der Waals surface area (Å²) in [6.07, 6.45) is 0.997. The molecule has 0 aliphatic carbocycles. The molecule has 1 aliphatic heterocycles. The highest BCUT2D eigenvalue weighted by atomic mass is 16.5. The fourth-order valence-electron chi connectivity index (χ4n) is 2.69. The number of rotatable bonds is 3. The van der Waals surface area contributed by atoms with Crippen LogP contribution in [0.4, 0.5) is 0 Å². The number of hydrogen-bond acceptors (Lipinski definition) is 2. The van der Waals surface area contributed by atoms with Crippen molar-refractivity contribution in [2.24, 2.45) is 5.92 Å². The molecule has 1 heterocycles. The minimum Gasteiger partial charge on any atom is -0.396 e. The van der Waals surface area contributed by atoms with Gasteiger partial charge in [0.15, 0.2) is 0 Å².